The van der Waals surface area contributed by atoms with Gasteiger partial charge in [0.1, 0.15) is 12.2 Å². The summed E-state index contributed by atoms with van der Waals surface area (Å²) in [6, 6.07) is 7.90. The number of likely N-dealkylation sites (tertiary alicyclic amines) is 1. The maximum atomic E-state index is 14.2. The molecule has 0 bridgehead atoms. The van der Waals surface area contributed by atoms with Crippen LogP contribution < -0.4 is 19.3 Å². The molecule has 0 saturated carbocycles. The molecule has 10 nitrogen and oxygen atoms in total. The van der Waals surface area contributed by atoms with Crippen molar-refractivity contribution in [3.8, 4) is 12.0 Å². The maximum absolute atomic E-state index is 14.2. The third-order valence-electron chi connectivity index (χ3n) is 7.75. The minimum atomic E-state index is -5.10. The lowest BCUT2D eigenvalue weighted by Crippen LogP contribution is -2.57. The molecule has 0 radical (unpaired) electrons. The zero-order chi connectivity index (χ0) is 32.0. The Morgan fingerprint density at radius 2 is 1.41 bits per heavy atom. The third kappa shape index (κ3) is 5.55. The molecule has 44 heavy (non-hydrogen) atoms. The van der Waals surface area contributed by atoms with Crippen LogP contribution in [-0.4, -0.2) is 71.2 Å². The van der Waals surface area contributed by atoms with Crippen molar-refractivity contribution in [3.63, 3.8) is 0 Å². The van der Waals surface area contributed by atoms with E-state index in [0.29, 0.717) is 17.8 Å². The third-order valence-corrected chi connectivity index (χ3v) is 7.75. The number of hydrogen-bond acceptors (Lipinski definition) is 8. The van der Waals surface area contributed by atoms with Gasteiger partial charge in [0.25, 0.3) is 11.8 Å². The second-order valence-corrected chi connectivity index (χ2v) is 10.3. The molecule has 2 saturated heterocycles. The monoisotopic (exact) mass is 624 g/mol. The second kappa shape index (κ2) is 11.1. The molecule has 3 heterocycles. The van der Waals surface area contributed by atoms with E-state index in [-0.39, 0.29) is 56.6 Å². The number of nitrogens with zero attached hydrogens (tertiary/aromatic N) is 6. The second-order valence-electron chi connectivity index (χ2n) is 10.3. The topological polar surface area (TPSA) is 101 Å². The first-order valence-corrected chi connectivity index (χ1v) is 13.3. The van der Waals surface area contributed by atoms with Gasteiger partial charge in [-0.3, -0.25) is 14.5 Å². The van der Waals surface area contributed by atoms with Crippen molar-refractivity contribution in [2.75, 3.05) is 43.8 Å². The average Bonchev–Trinajstić information content (AvgIpc) is 3.26. The van der Waals surface area contributed by atoms with Crippen LogP contribution in [0.25, 0.3) is 0 Å². The van der Waals surface area contributed by atoms with E-state index in [4.69, 9.17) is 9.47 Å². The number of anilines is 2. The Kier molecular flexibility index (Phi) is 7.80. The molecule has 3 aromatic rings. The molecule has 0 atom stereocenters. The minimum Gasteiger partial charge on any atom is -0.467 e. The number of methoxy groups -OCH3 is 2. The summed E-state index contributed by atoms with van der Waals surface area (Å²) in [6.07, 6.45) is -10.2. The van der Waals surface area contributed by atoms with Crippen LogP contribution in [0.3, 0.4) is 0 Å². The highest BCUT2D eigenvalue weighted by Gasteiger charge is 2.55. The number of amides is 2. The SMILES string of the molecule is COc1nc(OC)nc(N2CN(c3ccccc3C)C3(CCN(C(=O)c4cc(C(F)(F)F)cc(C(F)(F)F)c4)CC3)C2=O)n1. The number of rotatable bonds is 5. The first-order valence-electron chi connectivity index (χ1n) is 13.3. The standard InChI is InChI=1S/C28H26F6N6O4/c1-16-6-4-5-7-20(16)40-15-39(23-35-24(43-2)37-25(36-23)44-3)22(42)26(40)8-10-38(11-9-26)21(41)17-12-18(27(29,30)31)14-19(13-17)28(32,33)34/h4-7,12-14H,8-11,15H2,1-3H3. The molecule has 1 spiro atoms. The van der Waals surface area contributed by atoms with Crippen molar-refractivity contribution in [1.82, 2.24) is 19.9 Å². The average molecular weight is 625 g/mol. The molecule has 2 aliphatic heterocycles. The van der Waals surface area contributed by atoms with Crippen LogP contribution in [0, 0.1) is 6.92 Å². The van der Waals surface area contributed by atoms with Crippen LogP contribution in [0.4, 0.5) is 38.0 Å². The predicted octanol–water partition coefficient (Wildman–Crippen LogP) is 4.72. The van der Waals surface area contributed by atoms with E-state index < -0.39 is 46.4 Å². The number of alkyl halides is 6. The highest BCUT2D eigenvalue weighted by molar-refractivity contribution is 6.05. The number of para-hydroxylation sites is 1. The number of piperidine rings is 1. The number of aromatic nitrogens is 3. The number of ether oxygens (including phenoxy) is 2. The largest absolute Gasteiger partial charge is 0.467 e. The number of benzene rings is 2. The molecular weight excluding hydrogens is 598 g/mol. The predicted molar refractivity (Wildman–Crippen MR) is 143 cm³/mol. The summed E-state index contributed by atoms with van der Waals surface area (Å²) < 4.78 is 90.8. The number of aryl methyl sites for hydroxylation is 1. The van der Waals surface area contributed by atoms with Crippen molar-refractivity contribution in [3.05, 3.63) is 64.7 Å². The highest BCUT2D eigenvalue weighted by atomic mass is 19.4. The summed E-state index contributed by atoms with van der Waals surface area (Å²) in [7, 11) is 2.67. The lowest BCUT2D eigenvalue weighted by atomic mass is 9.85. The number of carbonyl (C=O) groups is 2. The van der Waals surface area contributed by atoms with E-state index in [0.717, 1.165) is 10.5 Å². The zero-order valence-electron chi connectivity index (χ0n) is 23.7. The van der Waals surface area contributed by atoms with Gasteiger partial charge in [-0.25, -0.2) is 0 Å². The molecule has 0 unspecified atom stereocenters. The van der Waals surface area contributed by atoms with E-state index in [1.54, 1.807) is 6.07 Å². The smallest absolute Gasteiger partial charge is 0.416 e. The van der Waals surface area contributed by atoms with Gasteiger partial charge in [-0.15, -0.1) is 4.98 Å². The van der Waals surface area contributed by atoms with Gasteiger partial charge < -0.3 is 19.3 Å². The van der Waals surface area contributed by atoms with Gasteiger partial charge >= 0.3 is 24.4 Å². The Hall–Kier alpha value is -4.63. The molecule has 1 aromatic heterocycles. The van der Waals surface area contributed by atoms with Gasteiger partial charge in [0, 0.05) is 24.3 Å². The molecule has 0 aliphatic carbocycles. The van der Waals surface area contributed by atoms with Crippen molar-refractivity contribution in [1.29, 1.82) is 0 Å². The van der Waals surface area contributed by atoms with Crippen molar-refractivity contribution in [2.45, 2.75) is 37.7 Å². The highest BCUT2D eigenvalue weighted by Crippen LogP contribution is 2.43. The van der Waals surface area contributed by atoms with E-state index in [1.165, 1.54) is 19.1 Å². The molecule has 2 aliphatic rings. The van der Waals surface area contributed by atoms with Crippen LogP contribution in [0.5, 0.6) is 12.0 Å². The molecule has 16 heteroatoms. The number of halogens is 6. The van der Waals surface area contributed by atoms with Crippen molar-refractivity contribution < 1.29 is 45.4 Å². The van der Waals surface area contributed by atoms with Gasteiger partial charge in [-0.2, -0.15) is 36.3 Å². The summed E-state index contributed by atoms with van der Waals surface area (Å²) >= 11 is 0. The molecule has 2 amide bonds. The van der Waals surface area contributed by atoms with E-state index in [1.807, 2.05) is 30.0 Å². The van der Waals surface area contributed by atoms with Crippen molar-refractivity contribution in [2.24, 2.45) is 0 Å². The van der Waals surface area contributed by atoms with Crippen LogP contribution >= 0.6 is 0 Å². The van der Waals surface area contributed by atoms with E-state index in [2.05, 4.69) is 15.0 Å². The Balaban J connectivity index is 1.49. The lowest BCUT2D eigenvalue weighted by molar-refractivity contribution is -0.143. The Morgan fingerprint density at radius 3 is 1.91 bits per heavy atom. The molecule has 0 N–H and O–H groups in total. The van der Waals surface area contributed by atoms with E-state index in [9.17, 15) is 35.9 Å². The normalized spacial score (nSPS) is 16.9. The Labute approximate surface area is 247 Å². The molecule has 2 aromatic carbocycles. The molecule has 234 valence electrons. The van der Waals surface area contributed by atoms with Crippen LogP contribution in [0.15, 0.2) is 42.5 Å². The van der Waals surface area contributed by atoms with Gasteiger partial charge in [0.05, 0.1) is 25.3 Å². The summed E-state index contributed by atoms with van der Waals surface area (Å²) in [5.74, 6) is -1.47. The Morgan fingerprint density at radius 1 is 0.864 bits per heavy atom. The fourth-order valence-corrected chi connectivity index (χ4v) is 5.49. The summed E-state index contributed by atoms with van der Waals surface area (Å²) in [6.45, 7) is 1.61. The first kappa shape index (κ1) is 30.8. The fraction of sp³-hybridized carbons (Fsp3) is 0.393. The maximum Gasteiger partial charge on any atom is 0.416 e. The summed E-state index contributed by atoms with van der Waals surface area (Å²) in [5.41, 5.74) is -3.60. The summed E-state index contributed by atoms with van der Waals surface area (Å²) in [4.78, 5) is 44.2. The number of hydrogen-bond donors (Lipinski definition) is 0. The Bertz CT molecular complexity index is 1540. The van der Waals surface area contributed by atoms with Crippen LogP contribution in [-0.2, 0) is 17.1 Å². The molecular formula is C28H26F6N6O4. The van der Waals surface area contributed by atoms with Crippen molar-refractivity contribution >= 4 is 23.5 Å². The van der Waals surface area contributed by atoms with Crippen LogP contribution in [0.2, 0.25) is 0 Å². The minimum absolute atomic E-state index is 0.00345. The number of carbonyl (C=O) groups excluding carboxylic acids is 2. The quantitative estimate of drug-likeness (QED) is 0.376. The molecule has 5 rings (SSSR count). The lowest BCUT2D eigenvalue weighted by Gasteiger charge is -2.43. The summed E-state index contributed by atoms with van der Waals surface area (Å²) in [5, 5.41) is 0. The van der Waals surface area contributed by atoms with Gasteiger partial charge in [-0.05, 0) is 49.6 Å². The van der Waals surface area contributed by atoms with Gasteiger partial charge in [-0.1, -0.05) is 18.2 Å². The van der Waals surface area contributed by atoms with Gasteiger partial charge in [0.2, 0.25) is 5.95 Å². The van der Waals surface area contributed by atoms with Crippen LogP contribution in [0.1, 0.15) is 39.9 Å². The zero-order valence-corrected chi connectivity index (χ0v) is 23.7. The first-order chi connectivity index (χ1) is 20.7. The van der Waals surface area contributed by atoms with E-state index >= 15 is 0 Å². The fourth-order valence-electron chi connectivity index (χ4n) is 5.49. The van der Waals surface area contributed by atoms with Gasteiger partial charge in [0.15, 0.2) is 0 Å². The molecule has 2 fully saturated rings.